The lowest BCUT2D eigenvalue weighted by Gasteiger charge is -2.37. The lowest BCUT2D eigenvalue weighted by atomic mass is 9.96. The van der Waals surface area contributed by atoms with Gasteiger partial charge in [0.05, 0.1) is 0 Å². The molecule has 1 aromatic rings. The summed E-state index contributed by atoms with van der Waals surface area (Å²) in [5.41, 5.74) is -0.160. The summed E-state index contributed by atoms with van der Waals surface area (Å²) in [5.74, 6) is 0.425. The van der Waals surface area contributed by atoms with Crippen LogP contribution in [0.2, 0.25) is 0 Å². The van der Waals surface area contributed by atoms with Crippen LogP contribution in [0.25, 0.3) is 0 Å². The second kappa shape index (κ2) is 8.45. The van der Waals surface area contributed by atoms with E-state index in [-0.39, 0.29) is 11.2 Å². The van der Waals surface area contributed by atoms with Crippen molar-refractivity contribution in [3.8, 4) is 6.07 Å². The number of nitriles is 1. The molecule has 0 saturated heterocycles. The van der Waals surface area contributed by atoms with E-state index < -0.39 is 6.09 Å². The van der Waals surface area contributed by atoms with Gasteiger partial charge < -0.3 is 10.0 Å². The molecule has 0 spiro atoms. The van der Waals surface area contributed by atoms with Crippen LogP contribution >= 0.6 is 0 Å². The maximum Gasteiger partial charge on any atom is 0.426 e. The van der Waals surface area contributed by atoms with Crippen molar-refractivity contribution >= 4 is 11.9 Å². The zero-order chi connectivity index (χ0) is 18.3. The second-order valence-corrected chi connectivity index (χ2v) is 7.03. The molecule has 24 heavy (non-hydrogen) atoms. The lowest BCUT2D eigenvalue weighted by Crippen LogP contribution is -2.50. The standard InChI is InChI=1S/C16H26N6O2/c1-16(2,3)12-22(14-7-8-18-13(11-17)19-14)21(15(23)24)10-6-9-20(4)5/h7-8H,6,9-10,12H2,1-5H3,(H,23,24). The van der Waals surface area contributed by atoms with Gasteiger partial charge in [0.2, 0.25) is 5.82 Å². The quantitative estimate of drug-likeness (QED) is 0.762. The summed E-state index contributed by atoms with van der Waals surface area (Å²) in [6.07, 6.45) is 1.11. The molecular weight excluding hydrogens is 308 g/mol. The Labute approximate surface area is 143 Å². The molecule has 0 radical (unpaired) electrons. The predicted octanol–water partition coefficient (Wildman–Crippen LogP) is 2.05. The van der Waals surface area contributed by atoms with Crippen molar-refractivity contribution in [1.82, 2.24) is 19.9 Å². The van der Waals surface area contributed by atoms with Crippen LogP contribution in [-0.2, 0) is 0 Å². The van der Waals surface area contributed by atoms with Crippen LogP contribution in [0.5, 0.6) is 0 Å². The third-order valence-electron chi connectivity index (χ3n) is 3.12. The fourth-order valence-corrected chi connectivity index (χ4v) is 2.14. The number of carbonyl (C=O) groups is 1. The number of nitrogens with zero attached hydrogens (tertiary/aromatic N) is 6. The minimum Gasteiger partial charge on any atom is -0.464 e. The average molecular weight is 334 g/mol. The van der Waals surface area contributed by atoms with Crippen LogP contribution in [-0.4, -0.2) is 64.8 Å². The molecule has 0 bridgehead atoms. The van der Waals surface area contributed by atoms with Crippen LogP contribution < -0.4 is 5.01 Å². The van der Waals surface area contributed by atoms with E-state index in [4.69, 9.17) is 5.26 Å². The van der Waals surface area contributed by atoms with Crippen molar-refractivity contribution in [2.45, 2.75) is 27.2 Å². The van der Waals surface area contributed by atoms with Gasteiger partial charge >= 0.3 is 6.09 Å². The molecule has 0 aliphatic carbocycles. The van der Waals surface area contributed by atoms with Gasteiger partial charge in [0.25, 0.3) is 0 Å². The minimum absolute atomic E-state index is 0.0186. The molecule has 0 aliphatic rings. The monoisotopic (exact) mass is 334 g/mol. The second-order valence-electron chi connectivity index (χ2n) is 7.03. The number of carboxylic acid groups (broad SMARTS) is 1. The summed E-state index contributed by atoms with van der Waals surface area (Å²) in [7, 11) is 3.89. The normalized spacial score (nSPS) is 11.2. The van der Waals surface area contributed by atoms with Gasteiger partial charge in [0.1, 0.15) is 6.07 Å². The first-order valence-corrected chi connectivity index (χ1v) is 7.80. The molecule has 0 fully saturated rings. The molecule has 0 atom stereocenters. The smallest absolute Gasteiger partial charge is 0.426 e. The van der Waals surface area contributed by atoms with Gasteiger partial charge in [0.15, 0.2) is 5.82 Å². The Morgan fingerprint density at radius 2 is 2.00 bits per heavy atom. The Kier molecular flexibility index (Phi) is 6.92. The molecule has 1 N–H and O–H groups in total. The van der Waals surface area contributed by atoms with Gasteiger partial charge in [0, 0.05) is 25.4 Å². The lowest BCUT2D eigenvalue weighted by molar-refractivity contribution is 0.131. The molecule has 1 amide bonds. The number of amides is 1. The van der Waals surface area contributed by atoms with E-state index in [1.54, 1.807) is 11.1 Å². The van der Waals surface area contributed by atoms with E-state index in [1.807, 2.05) is 45.8 Å². The molecule has 0 aromatic carbocycles. The largest absolute Gasteiger partial charge is 0.464 e. The van der Waals surface area contributed by atoms with Gasteiger partial charge in [-0.1, -0.05) is 20.8 Å². The number of hydrazine groups is 1. The summed E-state index contributed by atoms with van der Waals surface area (Å²) in [6.45, 7) is 7.63. The zero-order valence-electron chi connectivity index (χ0n) is 15.0. The first-order valence-electron chi connectivity index (χ1n) is 7.80. The Morgan fingerprint density at radius 3 is 2.50 bits per heavy atom. The third-order valence-corrected chi connectivity index (χ3v) is 3.12. The summed E-state index contributed by atoms with van der Waals surface area (Å²) >= 11 is 0. The van der Waals surface area contributed by atoms with E-state index in [9.17, 15) is 9.90 Å². The van der Waals surface area contributed by atoms with Crippen LogP contribution in [0, 0.1) is 16.7 Å². The van der Waals surface area contributed by atoms with Crippen molar-refractivity contribution in [2.75, 3.05) is 38.7 Å². The van der Waals surface area contributed by atoms with E-state index >= 15 is 0 Å². The summed E-state index contributed by atoms with van der Waals surface area (Å²) < 4.78 is 0. The maximum absolute atomic E-state index is 11.8. The maximum atomic E-state index is 11.8. The summed E-state index contributed by atoms with van der Waals surface area (Å²) in [6, 6.07) is 3.51. The van der Waals surface area contributed by atoms with Crippen molar-refractivity contribution in [1.29, 1.82) is 5.26 Å². The molecule has 132 valence electrons. The van der Waals surface area contributed by atoms with Crippen LogP contribution in [0.4, 0.5) is 10.6 Å². The van der Waals surface area contributed by atoms with Crippen molar-refractivity contribution in [2.24, 2.45) is 5.41 Å². The van der Waals surface area contributed by atoms with Gasteiger partial charge in [-0.2, -0.15) is 10.2 Å². The molecule has 1 aromatic heterocycles. The van der Waals surface area contributed by atoms with Gasteiger partial charge in [-0.25, -0.2) is 14.8 Å². The highest BCUT2D eigenvalue weighted by atomic mass is 16.4. The molecule has 1 heterocycles. The summed E-state index contributed by atoms with van der Waals surface area (Å²) in [5, 5.41) is 21.5. The molecule has 0 aliphatic heterocycles. The SMILES string of the molecule is CN(C)CCCN(C(=O)O)N(CC(C)(C)C)c1ccnc(C#N)n1. The zero-order valence-corrected chi connectivity index (χ0v) is 15.0. The molecular formula is C16H26N6O2. The Hall–Kier alpha value is -2.40. The highest BCUT2D eigenvalue weighted by Crippen LogP contribution is 2.22. The summed E-state index contributed by atoms with van der Waals surface area (Å²) in [4.78, 5) is 21.8. The first kappa shape index (κ1) is 19.6. The number of aromatic nitrogens is 2. The fourth-order valence-electron chi connectivity index (χ4n) is 2.14. The highest BCUT2D eigenvalue weighted by Gasteiger charge is 2.27. The van der Waals surface area contributed by atoms with E-state index in [1.165, 1.54) is 11.2 Å². The first-order chi connectivity index (χ1) is 11.1. The van der Waals surface area contributed by atoms with E-state index in [2.05, 4.69) is 9.97 Å². The number of hydrogen-bond acceptors (Lipinski definition) is 6. The molecule has 8 heteroatoms. The average Bonchev–Trinajstić information content (AvgIpc) is 2.48. The van der Waals surface area contributed by atoms with Gasteiger partial charge in [-0.15, -0.1) is 0 Å². The van der Waals surface area contributed by atoms with Gasteiger partial charge in [-0.3, -0.25) is 5.01 Å². The number of hydrogen-bond donors (Lipinski definition) is 1. The Morgan fingerprint density at radius 1 is 1.33 bits per heavy atom. The van der Waals surface area contributed by atoms with Crippen LogP contribution in [0.1, 0.15) is 33.0 Å². The fraction of sp³-hybridized carbons (Fsp3) is 0.625. The highest BCUT2D eigenvalue weighted by molar-refractivity contribution is 5.67. The number of anilines is 1. The third kappa shape index (κ3) is 6.38. The molecule has 1 rings (SSSR count). The van der Waals surface area contributed by atoms with E-state index in [0.29, 0.717) is 25.3 Å². The predicted molar refractivity (Wildman–Crippen MR) is 91.4 cm³/mol. The van der Waals surface area contributed by atoms with Crippen molar-refractivity contribution in [3.63, 3.8) is 0 Å². The minimum atomic E-state index is -1.05. The molecule has 8 nitrogen and oxygen atoms in total. The van der Waals surface area contributed by atoms with Crippen molar-refractivity contribution in [3.05, 3.63) is 18.1 Å². The number of rotatable bonds is 7. The van der Waals surface area contributed by atoms with Crippen LogP contribution in [0.3, 0.4) is 0 Å². The molecule has 0 saturated carbocycles. The Bertz CT molecular complexity index is 591. The Balaban J connectivity index is 3.12. The van der Waals surface area contributed by atoms with Crippen molar-refractivity contribution < 1.29 is 9.90 Å². The topological polar surface area (TPSA) is 96.6 Å². The van der Waals surface area contributed by atoms with Crippen LogP contribution in [0.15, 0.2) is 12.3 Å². The van der Waals surface area contributed by atoms with Gasteiger partial charge in [-0.05, 0) is 32.5 Å². The molecule has 0 unspecified atom stereocenters. The van der Waals surface area contributed by atoms with E-state index in [0.717, 1.165) is 6.54 Å².